The Hall–Kier alpha value is -2.87. The third kappa shape index (κ3) is 9.26. The Morgan fingerprint density at radius 3 is 2.18 bits per heavy atom. The number of rotatable bonds is 9. The molecule has 182 valence electrons. The summed E-state index contributed by atoms with van der Waals surface area (Å²) in [5.41, 5.74) is 1.11. The van der Waals surface area contributed by atoms with E-state index in [1.807, 2.05) is 23.1 Å². The molecule has 0 aromatic heterocycles. The number of carbonyl (C=O) groups is 3. The van der Waals surface area contributed by atoms with Crippen LogP contribution in [0.25, 0.3) is 0 Å². The van der Waals surface area contributed by atoms with Gasteiger partial charge in [0.25, 0.3) is 0 Å². The van der Waals surface area contributed by atoms with Crippen LogP contribution in [0.3, 0.4) is 0 Å². The lowest BCUT2D eigenvalue weighted by Gasteiger charge is -2.29. The van der Waals surface area contributed by atoms with Gasteiger partial charge in [-0.25, -0.2) is 14.4 Å². The minimum atomic E-state index is -1.26. The maximum Gasteiger partial charge on any atom is 0.410 e. The summed E-state index contributed by atoms with van der Waals surface area (Å²) in [5, 5.41) is 15.6. The highest BCUT2D eigenvalue weighted by Crippen LogP contribution is 2.36. The maximum absolute atomic E-state index is 12.5. The number of hydrogen-bond donors (Lipinski definition) is 2. The van der Waals surface area contributed by atoms with Crippen molar-refractivity contribution in [2.45, 2.75) is 58.1 Å². The summed E-state index contributed by atoms with van der Waals surface area (Å²) in [5.74, 6) is -1.98. The van der Waals surface area contributed by atoms with Crippen LogP contribution in [0.5, 0.6) is 0 Å². The number of benzene rings is 1. The van der Waals surface area contributed by atoms with Crippen molar-refractivity contribution in [3.05, 3.63) is 48.0 Å². The molecule has 1 aromatic carbocycles. The van der Waals surface area contributed by atoms with Crippen LogP contribution in [0.15, 0.2) is 42.5 Å². The molecule has 0 saturated carbocycles. The molecule has 2 heterocycles. The Kier molecular flexibility index (Phi) is 10.9. The topological polar surface area (TPSA) is 107 Å². The predicted octanol–water partition coefficient (Wildman–Crippen LogP) is 4.18. The summed E-state index contributed by atoms with van der Waals surface area (Å²) >= 11 is 0. The van der Waals surface area contributed by atoms with E-state index in [9.17, 15) is 14.4 Å². The van der Waals surface area contributed by atoms with E-state index in [1.165, 1.54) is 32.4 Å². The number of carboxylic acid groups (broad SMARTS) is 2. The van der Waals surface area contributed by atoms with E-state index in [-0.39, 0.29) is 18.2 Å². The van der Waals surface area contributed by atoms with Crippen molar-refractivity contribution >= 4 is 18.0 Å². The molecular weight excluding hydrogens is 424 g/mol. The lowest BCUT2D eigenvalue weighted by molar-refractivity contribution is -0.134. The molecule has 1 amide bonds. The number of ether oxygens (including phenoxy) is 1. The van der Waals surface area contributed by atoms with E-state index in [4.69, 9.17) is 14.9 Å². The largest absolute Gasteiger partial charge is 0.478 e. The molecule has 0 aliphatic carbocycles. The Balaban J connectivity index is 0.000000414. The first-order valence-corrected chi connectivity index (χ1v) is 11.7. The predicted molar refractivity (Wildman–Crippen MR) is 125 cm³/mol. The summed E-state index contributed by atoms with van der Waals surface area (Å²) < 4.78 is 5.79. The number of carbonyl (C=O) groups excluding carboxylic acids is 1. The normalized spacial score (nSPS) is 21.1. The van der Waals surface area contributed by atoms with Crippen molar-refractivity contribution < 1.29 is 29.3 Å². The van der Waals surface area contributed by atoms with E-state index in [2.05, 4.69) is 30.9 Å². The van der Waals surface area contributed by atoms with Crippen LogP contribution in [-0.4, -0.2) is 70.3 Å². The standard InChI is InChI=1S/C21H32N2O2.C4H4O4/c1-17(2)16-19-20(18-10-5-3-6-11-18)25-21(24)23(19)15-9-14-22-12-7-4-8-13-22;5-3(6)1-2-4(7)8/h3,5-6,10-11,17,19-20H,4,7-9,12-16H2,1-2H3;1-2H,(H,5,6)(H,7,8)/t19-,20+;/m0./s1. The highest BCUT2D eigenvalue weighted by molar-refractivity contribution is 5.89. The monoisotopic (exact) mass is 460 g/mol. The van der Waals surface area contributed by atoms with Crippen LogP contribution >= 0.6 is 0 Å². The van der Waals surface area contributed by atoms with Gasteiger partial charge in [-0.15, -0.1) is 0 Å². The molecule has 2 aliphatic rings. The number of cyclic esters (lactones) is 1. The van der Waals surface area contributed by atoms with Crippen LogP contribution < -0.4 is 0 Å². The Morgan fingerprint density at radius 2 is 1.64 bits per heavy atom. The molecule has 8 heteroatoms. The molecule has 0 spiro atoms. The van der Waals surface area contributed by atoms with Gasteiger partial charge >= 0.3 is 18.0 Å². The average molecular weight is 461 g/mol. The molecule has 2 saturated heterocycles. The van der Waals surface area contributed by atoms with Crippen LogP contribution in [-0.2, 0) is 14.3 Å². The maximum atomic E-state index is 12.5. The second-order valence-corrected chi connectivity index (χ2v) is 8.87. The van der Waals surface area contributed by atoms with Gasteiger partial charge in [0.15, 0.2) is 0 Å². The van der Waals surface area contributed by atoms with E-state index < -0.39 is 11.9 Å². The molecule has 2 aliphatic heterocycles. The summed E-state index contributed by atoms with van der Waals surface area (Å²) in [4.78, 5) is 36.2. The molecule has 2 atom stereocenters. The second-order valence-electron chi connectivity index (χ2n) is 8.87. The number of amides is 1. The third-order valence-corrected chi connectivity index (χ3v) is 5.74. The minimum Gasteiger partial charge on any atom is -0.478 e. The quantitative estimate of drug-likeness (QED) is 0.532. The Morgan fingerprint density at radius 1 is 1.03 bits per heavy atom. The molecule has 0 bridgehead atoms. The first kappa shape index (κ1) is 26.4. The number of carboxylic acids is 2. The molecule has 3 rings (SSSR count). The van der Waals surface area contributed by atoms with Gasteiger partial charge in [-0.1, -0.05) is 50.6 Å². The van der Waals surface area contributed by atoms with Gasteiger partial charge in [0.05, 0.1) is 6.04 Å². The van der Waals surface area contributed by atoms with E-state index in [0.717, 1.165) is 31.5 Å². The summed E-state index contributed by atoms with van der Waals surface area (Å²) in [6.07, 6.45) is 6.86. The van der Waals surface area contributed by atoms with Crippen LogP contribution in [0.1, 0.15) is 57.6 Å². The van der Waals surface area contributed by atoms with E-state index >= 15 is 0 Å². The van der Waals surface area contributed by atoms with Crippen LogP contribution in [0, 0.1) is 5.92 Å². The van der Waals surface area contributed by atoms with Gasteiger partial charge in [-0.05, 0) is 56.8 Å². The first-order chi connectivity index (χ1) is 15.8. The summed E-state index contributed by atoms with van der Waals surface area (Å²) in [7, 11) is 0. The number of nitrogens with zero attached hydrogens (tertiary/aromatic N) is 2. The van der Waals surface area contributed by atoms with Crippen molar-refractivity contribution in [3.8, 4) is 0 Å². The highest BCUT2D eigenvalue weighted by atomic mass is 16.6. The zero-order valence-electron chi connectivity index (χ0n) is 19.6. The summed E-state index contributed by atoms with van der Waals surface area (Å²) in [6.45, 7) is 8.76. The fraction of sp³-hybridized carbons (Fsp3) is 0.560. The molecule has 8 nitrogen and oxygen atoms in total. The van der Waals surface area contributed by atoms with E-state index in [1.54, 1.807) is 0 Å². The Labute approximate surface area is 195 Å². The zero-order valence-corrected chi connectivity index (χ0v) is 19.6. The molecule has 2 fully saturated rings. The number of aliphatic carboxylic acids is 2. The highest BCUT2D eigenvalue weighted by Gasteiger charge is 2.42. The lowest BCUT2D eigenvalue weighted by atomic mass is 9.94. The third-order valence-electron chi connectivity index (χ3n) is 5.74. The van der Waals surface area contributed by atoms with Crippen molar-refractivity contribution in [1.82, 2.24) is 9.80 Å². The average Bonchev–Trinajstić information content (AvgIpc) is 3.09. The molecule has 0 unspecified atom stereocenters. The van der Waals surface area contributed by atoms with E-state index in [0.29, 0.717) is 18.1 Å². The van der Waals surface area contributed by atoms with Gasteiger partial charge in [0, 0.05) is 18.7 Å². The fourth-order valence-electron chi connectivity index (χ4n) is 4.27. The van der Waals surface area contributed by atoms with Gasteiger partial charge in [-0.3, -0.25) is 0 Å². The number of hydrogen-bond acceptors (Lipinski definition) is 5. The van der Waals surface area contributed by atoms with Gasteiger partial charge in [0.1, 0.15) is 6.10 Å². The van der Waals surface area contributed by atoms with Crippen molar-refractivity contribution in [3.63, 3.8) is 0 Å². The molecule has 33 heavy (non-hydrogen) atoms. The SMILES string of the molecule is CC(C)C[C@H]1[C@@H](c2ccccc2)OC(=O)N1CCCN1CCCCC1.O=C(O)C=CC(=O)O. The fourth-order valence-corrected chi connectivity index (χ4v) is 4.27. The zero-order chi connectivity index (χ0) is 24.2. The molecule has 2 N–H and O–H groups in total. The second kappa shape index (κ2) is 13.6. The number of piperidine rings is 1. The molecule has 0 radical (unpaired) electrons. The number of likely N-dealkylation sites (tertiary alicyclic amines) is 1. The molecule has 1 aromatic rings. The van der Waals surface area contributed by atoms with Crippen molar-refractivity contribution in [2.24, 2.45) is 5.92 Å². The first-order valence-electron chi connectivity index (χ1n) is 11.7. The van der Waals surface area contributed by atoms with Gasteiger partial charge < -0.3 is 24.7 Å². The Bertz CT molecular complexity index is 773. The van der Waals surface area contributed by atoms with Crippen LogP contribution in [0.2, 0.25) is 0 Å². The lowest BCUT2D eigenvalue weighted by Crippen LogP contribution is -2.38. The van der Waals surface area contributed by atoms with Gasteiger partial charge in [0.2, 0.25) is 0 Å². The minimum absolute atomic E-state index is 0.133. The van der Waals surface area contributed by atoms with Crippen molar-refractivity contribution in [1.29, 1.82) is 0 Å². The van der Waals surface area contributed by atoms with Crippen molar-refractivity contribution in [2.75, 3.05) is 26.2 Å². The van der Waals surface area contributed by atoms with Gasteiger partial charge in [-0.2, -0.15) is 0 Å². The summed E-state index contributed by atoms with van der Waals surface area (Å²) in [6, 6.07) is 10.3. The van der Waals surface area contributed by atoms with Crippen LogP contribution in [0.4, 0.5) is 4.79 Å². The smallest absolute Gasteiger partial charge is 0.410 e. The molecular formula is C25H36N2O6.